The van der Waals surface area contributed by atoms with Gasteiger partial charge in [-0.15, -0.1) is 0 Å². The molecule has 1 aliphatic heterocycles. The van der Waals surface area contributed by atoms with Crippen LogP contribution >= 0.6 is 0 Å². The highest BCUT2D eigenvalue weighted by Gasteiger charge is 2.23. The van der Waals surface area contributed by atoms with Crippen molar-refractivity contribution in [2.75, 3.05) is 0 Å². The number of rotatable bonds is 5. The number of nitrogens with zero attached hydrogens (tertiary/aromatic N) is 4. The van der Waals surface area contributed by atoms with Crippen LogP contribution in [0.2, 0.25) is 0 Å². The number of aromatic nitrogens is 2. The van der Waals surface area contributed by atoms with Crippen LogP contribution in [0.1, 0.15) is 22.9 Å². The third-order valence-corrected chi connectivity index (χ3v) is 8.48. The second-order valence-corrected chi connectivity index (χ2v) is 11.3. The lowest BCUT2D eigenvalue weighted by Gasteiger charge is -2.24. The second-order valence-electron chi connectivity index (χ2n) is 11.3. The lowest BCUT2D eigenvalue weighted by molar-refractivity contribution is 0.621. The Morgan fingerprint density at radius 2 is 1.30 bits per heavy atom. The first-order valence-electron chi connectivity index (χ1n) is 15.3. The maximum atomic E-state index is 6.55. The molecule has 6 aromatic carbocycles. The quantitative estimate of drug-likeness (QED) is 0.216. The van der Waals surface area contributed by atoms with Gasteiger partial charge in [0.1, 0.15) is 17.5 Å². The molecule has 0 fully saturated rings. The van der Waals surface area contributed by atoms with Crippen molar-refractivity contribution in [1.82, 2.24) is 14.9 Å². The first-order valence-corrected chi connectivity index (χ1v) is 15.3. The van der Waals surface area contributed by atoms with Gasteiger partial charge < -0.3 is 14.3 Å². The fourth-order valence-electron chi connectivity index (χ4n) is 6.32. The molecule has 3 heterocycles. The number of oxazole rings is 1. The number of para-hydroxylation sites is 1. The Bertz CT molecular complexity index is 2440. The second kappa shape index (κ2) is 10.7. The molecule has 8 aromatic rings. The Morgan fingerprint density at radius 3 is 2.09 bits per heavy atom. The number of fused-ring (bicyclic) bond motifs is 5. The average molecular weight is 594 g/mol. The van der Waals surface area contributed by atoms with E-state index in [0.717, 1.165) is 66.7 Å². The predicted molar refractivity (Wildman–Crippen MR) is 186 cm³/mol. The summed E-state index contributed by atoms with van der Waals surface area (Å²) in [6.45, 7) is 0. The van der Waals surface area contributed by atoms with Crippen LogP contribution in [0.3, 0.4) is 0 Å². The van der Waals surface area contributed by atoms with Crippen molar-refractivity contribution in [3.05, 3.63) is 168 Å². The molecule has 0 radical (unpaired) electrons. The minimum atomic E-state index is -0.342. The molecular formula is C40H27N5O. The fourth-order valence-corrected chi connectivity index (χ4v) is 6.32. The third kappa shape index (κ3) is 4.39. The van der Waals surface area contributed by atoms with Crippen molar-refractivity contribution in [3.63, 3.8) is 0 Å². The van der Waals surface area contributed by atoms with Crippen molar-refractivity contribution >= 4 is 44.6 Å². The number of nitrogens with one attached hydrogen (secondary N) is 1. The highest BCUT2D eigenvalue weighted by Crippen LogP contribution is 2.38. The largest absolute Gasteiger partial charge is 0.434 e. The monoisotopic (exact) mass is 593 g/mol. The van der Waals surface area contributed by atoms with Gasteiger partial charge in [0.25, 0.3) is 0 Å². The molecule has 0 saturated carbocycles. The highest BCUT2D eigenvalue weighted by molar-refractivity contribution is 6.17. The summed E-state index contributed by atoms with van der Waals surface area (Å²) in [6.07, 6.45) is -0.342. The van der Waals surface area contributed by atoms with E-state index in [1.165, 1.54) is 0 Å². The summed E-state index contributed by atoms with van der Waals surface area (Å²) < 4.78 is 8.83. The molecule has 1 N–H and O–H groups in total. The van der Waals surface area contributed by atoms with Crippen molar-refractivity contribution < 1.29 is 4.42 Å². The van der Waals surface area contributed by atoms with Crippen LogP contribution in [-0.4, -0.2) is 21.2 Å². The van der Waals surface area contributed by atoms with Crippen LogP contribution < -0.4 is 5.32 Å². The van der Waals surface area contributed by atoms with Gasteiger partial charge in [0.15, 0.2) is 11.4 Å². The van der Waals surface area contributed by atoms with Crippen LogP contribution in [0.15, 0.2) is 166 Å². The van der Waals surface area contributed by atoms with Crippen LogP contribution in [0.25, 0.3) is 50.0 Å². The summed E-state index contributed by atoms with van der Waals surface area (Å²) in [6, 6.07) is 51.6. The minimum Gasteiger partial charge on any atom is -0.434 e. The van der Waals surface area contributed by atoms with E-state index in [4.69, 9.17) is 19.4 Å². The third-order valence-electron chi connectivity index (χ3n) is 8.48. The van der Waals surface area contributed by atoms with Crippen molar-refractivity contribution in [3.8, 4) is 17.1 Å². The molecule has 6 nitrogen and oxygen atoms in total. The van der Waals surface area contributed by atoms with Gasteiger partial charge in [-0.05, 0) is 48.0 Å². The molecule has 0 aliphatic carbocycles. The van der Waals surface area contributed by atoms with E-state index in [2.05, 4.69) is 82.7 Å². The summed E-state index contributed by atoms with van der Waals surface area (Å²) >= 11 is 0. The molecule has 0 saturated heterocycles. The predicted octanol–water partition coefficient (Wildman–Crippen LogP) is 9.09. The molecule has 0 bridgehead atoms. The fraction of sp³-hybridized carbons (Fsp3) is 0.0250. The maximum absolute atomic E-state index is 6.55. The van der Waals surface area contributed by atoms with Gasteiger partial charge in [0, 0.05) is 33.2 Å². The van der Waals surface area contributed by atoms with Gasteiger partial charge >= 0.3 is 0 Å². The maximum Gasteiger partial charge on any atom is 0.227 e. The molecule has 6 heteroatoms. The van der Waals surface area contributed by atoms with Gasteiger partial charge in [-0.3, -0.25) is 0 Å². The van der Waals surface area contributed by atoms with E-state index in [9.17, 15) is 0 Å². The van der Waals surface area contributed by atoms with E-state index in [-0.39, 0.29) is 6.17 Å². The SMILES string of the molecule is c1ccc(C2=NC(c3cccc(-n4c5ccccc5c5ccc6nc(-c7ccccc7)oc6c54)c3)NC(c3ccccc3)=N2)cc1. The van der Waals surface area contributed by atoms with Crippen LogP contribution in [0.5, 0.6) is 0 Å². The van der Waals surface area contributed by atoms with Gasteiger partial charge in [-0.2, -0.15) is 0 Å². The van der Waals surface area contributed by atoms with Gasteiger partial charge in [0.2, 0.25) is 5.89 Å². The molecule has 46 heavy (non-hydrogen) atoms. The van der Waals surface area contributed by atoms with Crippen LogP contribution in [0, 0.1) is 0 Å². The Morgan fingerprint density at radius 1 is 0.609 bits per heavy atom. The smallest absolute Gasteiger partial charge is 0.227 e. The molecule has 9 rings (SSSR count). The van der Waals surface area contributed by atoms with Crippen LogP contribution in [-0.2, 0) is 0 Å². The van der Waals surface area contributed by atoms with E-state index >= 15 is 0 Å². The van der Waals surface area contributed by atoms with Crippen molar-refractivity contribution in [2.24, 2.45) is 9.98 Å². The normalized spacial score (nSPS) is 14.7. The molecule has 1 unspecified atom stereocenters. The number of aliphatic imine (C=N–C) groups is 2. The highest BCUT2D eigenvalue weighted by atomic mass is 16.3. The molecule has 1 atom stereocenters. The Balaban J connectivity index is 1.22. The summed E-state index contributed by atoms with van der Waals surface area (Å²) in [5.74, 6) is 2.09. The minimum absolute atomic E-state index is 0.342. The Labute approximate surface area is 265 Å². The summed E-state index contributed by atoms with van der Waals surface area (Å²) in [7, 11) is 0. The van der Waals surface area contributed by atoms with Gasteiger partial charge in [-0.1, -0.05) is 109 Å². The zero-order valence-electron chi connectivity index (χ0n) is 24.7. The first-order chi connectivity index (χ1) is 22.8. The summed E-state index contributed by atoms with van der Waals surface area (Å²) in [5.41, 5.74) is 8.63. The van der Waals surface area contributed by atoms with E-state index in [1.54, 1.807) is 0 Å². The number of amidine groups is 2. The Hall–Kier alpha value is -6.27. The topological polar surface area (TPSA) is 67.7 Å². The van der Waals surface area contributed by atoms with E-state index in [0.29, 0.717) is 11.7 Å². The average Bonchev–Trinajstić information content (AvgIpc) is 3.72. The number of benzene rings is 6. The van der Waals surface area contributed by atoms with Crippen molar-refractivity contribution in [2.45, 2.75) is 6.17 Å². The standard InChI is InChI=1S/C40H27N5O/c1-4-13-26(14-5-1)37-42-38(27-15-6-2-7-16-27)44-39(43-37)29-19-12-20-30(25-29)45-34-22-11-10-21-31(34)32-23-24-33-36(35(32)45)46-40(41-33)28-17-8-3-9-18-28/h1-25,39H,(H,42,43,44). The molecule has 0 amide bonds. The summed E-state index contributed by atoms with van der Waals surface area (Å²) in [5, 5.41) is 5.88. The van der Waals surface area contributed by atoms with Gasteiger partial charge in [0.05, 0.1) is 11.0 Å². The lowest BCUT2D eigenvalue weighted by atomic mass is 10.1. The molecule has 2 aromatic heterocycles. The van der Waals surface area contributed by atoms with E-state index in [1.807, 2.05) is 78.9 Å². The zero-order chi connectivity index (χ0) is 30.5. The van der Waals surface area contributed by atoms with Crippen LogP contribution in [0.4, 0.5) is 0 Å². The summed E-state index contributed by atoms with van der Waals surface area (Å²) in [4.78, 5) is 14.9. The van der Waals surface area contributed by atoms with E-state index < -0.39 is 0 Å². The molecule has 0 spiro atoms. The molecule has 1 aliphatic rings. The number of hydrogen-bond donors (Lipinski definition) is 1. The Kier molecular flexibility index (Phi) is 6.09. The molecule has 218 valence electrons. The van der Waals surface area contributed by atoms with Crippen molar-refractivity contribution in [1.29, 1.82) is 0 Å². The zero-order valence-corrected chi connectivity index (χ0v) is 24.7. The lowest BCUT2D eigenvalue weighted by Crippen LogP contribution is -2.33. The van der Waals surface area contributed by atoms with Gasteiger partial charge in [-0.25, -0.2) is 15.0 Å². The first kappa shape index (κ1) is 26.2. The number of hydrogen-bond acceptors (Lipinski definition) is 5. The molecular weight excluding hydrogens is 566 g/mol.